The summed E-state index contributed by atoms with van der Waals surface area (Å²) in [5, 5.41) is 0. The van der Waals surface area contributed by atoms with E-state index in [-0.39, 0.29) is 0 Å². The van der Waals surface area contributed by atoms with Crippen LogP contribution in [0.4, 0.5) is 0 Å². The van der Waals surface area contributed by atoms with Crippen molar-refractivity contribution in [1.29, 1.82) is 0 Å². The van der Waals surface area contributed by atoms with E-state index in [0.29, 0.717) is 6.04 Å². The van der Waals surface area contributed by atoms with Gasteiger partial charge in [0.2, 0.25) is 0 Å². The SMILES string of the molecule is CC1CCCC(CN)N1C(C)C1CCCC1. The molecule has 0 spiro atoms. The third-order valence-electron chi connectivity index (χ3n) is 4.91. The zero-order chi connectivity index (χ0) is 11.5. The van der Waals surface area contributed by atoms with E-state index in [0.717, 1.165) is 24.5 Å². The Morgan fingerprint density at radius 2 is 1.81 bits per heavy atom. The molecule has 1 heterocycles. The monoisotopic (exact) mass is 224 g/mol. The van der Waals surface area contributed by atoms with Crippen LogP contribution < -0.4 is 5.73 Å². The fourth-order valence-corrected chi connectivity index (χ4v) is 3.96. The van der Waals surface area contributed by atoms with Gasteiger partial charge in [0.05, 0.1) is 0 Å². The van der Waals surface area contributed by atoms with Crippen molar-refractivity contribution in [3.63, 3.8) is 0 Å². The standard InChI is InChI=1S/C14H28N2/c1-11-6-5-9-14(10-15)16(11)12(2)13-7-3-4-8-13/h11-14H,3-10,15H2,1-2H3. The van der Waals surface area contributed by atoms with Crippen LogP contribution in [0.15, 0.2) is 0 Å². The van der Waals surface area contributed by atoms with E-state index in [1.807, 2.05) is 0 Å². The van der Waals surface area contributed by atoms with Crippen molar-refractivity contribution in [2.75, 3.05) is 6.54 Å². The van der Waals surface area contributed by atoms with E-state index < -0.39 is 0 Å². The Morgan fingerprint density at radius 1 is 1.12 bits per heavy atom. The summed E-state index contributed by atoms with van der Waals surface area (Å²) in [5.74, 6) is 0.939. The van der Waals surface area contributed by atoms with Gasteiger partial charge in [0.15, 0.2) is 0 Å². The number of piperidine rings is 1. The predicted octanol–water partition coefficient (Wildman–Crippen LogP) is 2.77. The van der Waals surface area contributed by atoms with Crippen LogP contribution in [0.2, 0.25) is 0 Å². The van der Waals surface area contributed by atoms with E-state index in [4.69, 9.17) is 5.73 Å². The van der Waals surface area contributed by atoms with Gasteiger partial charge in [-0.15, -0.1) is 0 Å². The van der Waals surface area contributed by atoms with Crippen molar-refractivity contribution in [3.05, 3.63) is 0 Å². The molecule has 2 nitrogen and oxygen atoms in total. The number of rotatable bonds is 3. The van der Waals surface area contributed by atoms with Gasteiger partial charge in [-0.2, -0.15) is 0 Å². The fraction of sp³-hybridized carbons (Fsp3) is 1.00. The minimum Gasteiger partial charge on any atom is -0.329 e. The summed E-state index contributed by atoms with van der Waals surface area (Å²) >= 11 is 0. The van der Waals surface area contributed by atoms with Crippen LogP contribution in [0.1, 0.15) is 58.8 Å². The Morgan fingerprint density at radius 3 is 2.44 bits per heavy atom. The number of hydrogen-bond donors (Lipinski definition) is 1. The lowest BCUT2D eigenvalue weighted by atomic mass is 9.89. The Balaban J connectivity index is 2.02. The Hall–Kier alpha value is -0.0800. The van der Waals surface area contributed by atoms with Crippen LogP contribution in [0.25, 0.3) is 0 Å². The Labute approximate surface area is 101 Å². The smallest absolute Gasteiger partial charge is 0.0224 e. The van der Waals surface area contributed by atoms with Crippen molar-refractivity contribution >= 4 is 0 Å². The minimum absolute atomic E-state index is 0.652. The van der Waals surface area contributed by atoms with Crippen LogP contribution in [0, 0.1) is 5.92 Å². The van der Waals surface area contributed by atoms with Crippen LogP contribution in [-0.2, 0) is 0 Å². The minimum atomic E-state index is 0.652. The first-order valence-electron chi connectivity index (χ1n) is 7.21. The molecule has 0 aromatic rings. The Kier molecular flexibility index (Phi) is 4.26. The highest BCUT2D eigenvalue weighted by molar-refractivity contribution is 4.90. The van der Waals surface area contributed by atoms with E-state index in [1.54, 1.807) is 0 Å². The highest BCUT2D eigenvalue weighted by Crippen LogP contribution is 2.34. The maximum atomic E-state index is 5.95. The molecule has 0 radical (unpaired) electrons. The van der Waals surface area contributed by atoms with Gasteiger partial charge < -0.3 is 5.73 Å². The second-order valence-corrected chi connectivity index (χ2v) is 5.90. The van der Waals surface area contributed by atoms with Crippen LogP contribution >= 0.6 is 0 Å². The maximum Gasteiger partial charge on any atom is 0.0224 e. The van der Waals surface area contributed by atoms with Gasteiger partial charge in [-0.1, -0.05) is 19.3 Å². The third kappa shape index (κ3) is 2.43. The molecular weight excluding hydrogens is 196 g/mol. The molecule has 16 heavy (non-hydrogen) atoms. The van der Waals surface area contributed by atoms with Gasteiger partial charge in [-0.05, 0) is 45.4 Å². The second kappa shape index (κ2) is 5.50. The first-order valence-corrected chi connectivity index (χ1v) is 7.21. The lowest BCUT2D eigenvalue weighted by molar-refractivity contribution is 0.0319. The number of nitrogens with zero attached hydrogens (tertiary/aromatic N) is 1. The van der Waals surface area contributed by atoms with Crippen LogP contribution in [0.5, 0.6) is 0 Å². The molecule has 3 atom stereocenters. The van der Waals surface area contributed by atoms with Gasteiger partial charge in [-0.25, -0.2) is 0 Å². The predicted molar refractivity (Wildman–Crippen MR) is 69.4 cm³/mol. The normalized spacial score (nSPS) is 35.4. The molecular formula is C14H28N2. The summed E-state index contributed by atoms with van der Waals surface area (Å²) < 4.78 is 0. The summed E-state index contributed by atoms with van der Waals surface area (Å²) in [6.45, 7) is 5.69. The molecule has 2 N–H and O–H groups in total. The van der Waals surface area contributed by atoms with Crippen molar-refractivity contribution < 1.29 is 0 Å². The molecule has 1 saturated carbocycles. The summed E-state index contributed by atoms with van der Waals surface area (Å²) in [5.41, 5.74) is 5.95. The van der Waals surface area contributed by atoms with Gasteiger partial charge >= 0.3 is 0 Å². The molecule has 3 unspecified atom stereocenters. The summed E-state index contributed by atoms with van der Waals surface area (Å²) in [6.07, 6.45) is 9.85. The number of likely N-dealkylation sites (tertiary alicyclic amines) is 1. The molecule has 0 amide bonds. The molecule has 2 heteroatoms. The molecule has 94 valence electrons. The molecule has 0 aromatic heterocycles. The van der Waals surface area contributed by atoms with Gasteiger partial charge in [-0.3, -0.25) is 4.90 Å². The zero-order valence-corrected chi connectivity index (χ0v) is 11.0. The lowest BCUT2D eigenvalue weighted by Gasteiger charge is -2.46. The van der Waals surface area contributed by atoms with E-state index in [2.05, 4.69) is 18.7 Å². The lowest BCUT2D eigenvalue weighted by Crippen LogP contribution is -2.54. The van der Waals surface area contributed by atoms with E-state index in [1.165, 1.54) is 44.9 Å². The van der Waals surface area contributed by atoms with Crippen LogP contribution in [0.3, 0.4) is 0 Å². The van der Waals surface area contributed by atoms with Crippen molar-refractivity contribution in [2.45, 2.75) is 76.9 Å². The van der Waals surface area contributed by atoms with Gasteiger partial charge in [0.1, 0.15) is 0 Å². The van der Waals surface area contributed by atoms with Gasteiger partial charge in [0.25, 0.3) is 0 Å². The quantitative estimate of drug-likeness (QED) is 0.798. The first kappa shape index (κ1) is 12.4. The Bertz CT molecular complexity index is 211. The van der Waals surface area contributed by atoms with E-state index >= 15 is 0 Å². The molecule has 2 aliphatic rings. The molecule has 1 aliphatic heterocycles. The highest BCUT2D eigenvalue weighted by Gasteiger charge is 2.34. The molecule has 2 rings (SSSR count). The van der Waals surface area contributed by atoms with E-state index in [9.17, 15) is 0 Å². The summed E-state index contributed by atoms with van der Waals surface area (Å²) in [6, 6.07) is 2.16. The molecule has 1 saturated heterocycles. The highest BCUT2D eigenvalue weighted by atomic mass is 15.2. The molecule has 2 fully saturated rings. The van der Waals surface area contributed by atoms with Crippen LogP contribution in [-0.4, -0.2) is 29.6 Å². The van der Waals surface area contributed by atoms with Crippen molar-refractivity contribution in [3.8, 4) is 0 Å². The van der Waals surface area contributed by atoms with Crippen molar-refractivity contribution in [2.24, 2.45) is 11.7 Å². The number of nitrogens with two attached hydrogens (primary N) is 1. The zero-order valence-electron chi connectivity index (χ0n) is 11.0. The summed E-state index contributed by atoms with van der Waals surface area (Å²) in [7, 11) is 0. The largest absolute Gasteiger partial charge is 0.329 e. The molecule has 1 aliphatic carbocycles. The fourth-order valence-electron chi connectivity index (χ4n) is 3.96. The number of hydrogen-bond acceptors (Lipinski definition) is 2. The maximum absolute atomic E-state index is 5.95. The average Bonchev–Trinajstić information content (AvgIpc) is 2.81. The average molecular weight is 224 g/mol. The molecule has 0 bridgehead atoms. The topological polar surface area (TPSA) is 29.3 Å². The van der Waals surface area contributed by atoms with Gasteiger partial charge in [0, 0.05) is 24.7 Å². The van der Waals surface area contributed by atoms with Crippen molar-refractivity contribution in [1.82, 2.24) is 4.90 Å². The second-order valence-electron chi connectivity index (χ2n) is 5.90. The first-order chi connectivity index (χ1) is 7.74. The molecule has 0 aromatic carbocycles. The third-order valence-corrected chi connectivity index (χ3v) is 4.91. The summed E-state index contributed by atoms with van der Waals surface area (Å²) in [4.78, 5) is 2.75.